The zero-order valence-corrected chi connectivity index (χ0v) is 13.0. The van der Waals surface area contributed by atoms with Gasteiger partial charge in [-0.25, -0.2) is 13.4 Å². The highest BCUT2D eigenvalue weighted by Crippen LogP contribution is 2.33. The molecule has 0 amide bonds. The molecule has 1 radical (unpaired) electrons. The molecule has 0 spiro atoms. The maximum atomic E-state index is 12.5. The number of hydrogen-bond acceptors (Lipinski definition) is 3. The highest BCUT2D eigenvalue weighted by molar-refractivity contribution is 7.92. The van der Waals surface area contributed by atoms with Crippen LogP contribution in [0.2, 0.25) is 0 Å². The first-order valence-electron chi connectivity index (χ1n) is 6.99. The summed E-state index contributed by atoms with van der Waals surface area (Å²) in [6.07, 6.45) is -1.68. The number of halogens is 3. The zero-order valence-electron chi connectivity index (χ0n) is 12.2. The first kappa shape index (κ1) is 16.0. The fraction of sp³-hybridized carbons (Fsp3) is 0.333. The molecule has 123 valence electrons. The third-order valence-electron chi connectivity index (χ3n) is 3.68. The minimum Gasteiger partial charge on any atom is -0.324 e. The van der Waals surface area contributed by atoms with E-state index in [0.717, 1.165) is 12.1 Å². The Hall–Kier alpha value is -1.83. The molecular weight excluding hydrogens is 329 g/mol. The van der Waals surface area contributed by atoms with Gasteiger partial charge in [-0.3, -0.25) is 0 Å². The Morgan fingerprint density at radius 3 is 2.35 bits per heavy atom. The van der Waals surface area contributed by atoms with Crippen LogP contribution in [0, 0.1) is 13.5 Å². The van der Waals surface area contributed by atoms with Gasteiger partial charge < -0.3 is 4.57 Å². The number of hydrogen-bond donors (Lipinski definition) is 0. The molecular formula is C15H14F3N2O2S. The fourth-order valence-electron chi connectivity index (χ4n) is 2.19. The second-order valence-electron chi connectivity index (χ2n) is 5.53. The number of nitrogens with zero attached hydrogens (tertiary/aromatic N) is 2. The van der Waals surface area contributed by atoms with Crippen LogP contribution in [0.1, 0.15) is 29.8 Å². The van der Waals surface area contributed by atoms with Gasteiger partial charge in [-0.2, -0.15) is 13.2 Å². The molecule has 1 fully saturated rings. The Kier molecular flexibility index (Phi) is 3.74. The third kappa shape index (κ3) is 3.26. The van der Waals surface area contributed by atoms with Crippen molar-refractivity contribution in [3.8, 4) is 0 Å². The molecule has 0 bridgehead atoms. The van der Waals surface area contributed by atoms with Gasteiger partial charge in [-0.1, -0.05) is 12.1 Å². The minimum atomic E-state index is -4.38. The zero-order chi connectivity index (χ0) is 16.8. The number of alkyl halides is 3. The summed E-state index contributed by atoms with van der Waals surface area (Å²) < 4.78 is 63.4. The third-order valence-corrected chi connectivity index (χ3v) is 5.80. The van der Waals surface area contributed by atoms with E-state index in [9.17, 15) is 21.6 Å². The van der Waals surface area contributed by atoms with Crippen LogP contribution in [-0.4, -0.2) is 23.2 Å². The molecule has 2 aromatic rings. The Balaban J connectivity index is 1.82. The fourth-order valence-corrected chi connectivity index (χ4v) is 3.81. The summed E-state index contributed by atoms with van der Waals surface area (Å²) >= 11 is 0. The average Bonchev–Trinajstić information content (AvgIpc) is 3.25. The Labute approximate surface area is 131 Å². The van der Waals surface area contributed by atoms with Crippen LogP contribution >= 0.6 is 0 Å². The molecule has 1 aromatic heterocycles. The predicted molar refractivity (Wildman–Crippen MR) is 77.4 cm³/mol. The normalized spacial score (nSPS) is 15.8. The van der Waals surface area contributed by atoms with E-state index < -0.39 is 21.6 Å². The summed E-state index contributed by atoms with van der Waals surface area (Å²) in [5.41, 5.74) is -0.206. The van der Waals surface area contributed by atoms with Gasteiger partial charge in [0.2, 0.25) is 0 Å². The van der Waals surface area contributed by atoms with Crippen molar-refractivity contribution in [2.75, 3.05) is 0 Å². The van der Waals surface area contributed by atoms with Gasteiger partial charge in [0.25, 0.3) is 0 Å². The molecule has 1 heterocycles. The highest BCUT2D eigenvalue weighted by Gasteiger charge is 2.38. The molecule has 4 nitrogen and oxygen atoms in total. The lowest BCUT2D eigenvalue weighted by molar-refractivity contribution is -0.137. The standard InChI is InChI=1S/C15H14F3N2O2S/c1-10-19-14(23(21,22)13-6-7-13)9-20(10)8-11-2-4-12(5-3-11)15(16,17)18/h2-5,8-9,13H,6-7H2,1H3. The van der Waals surface area contributed by atoms with Gasteiger partial charge in [-0.15, -0.1) is 0 Å². The molecule has 1 saturated carbocycles. The van der Waals surface area contributed by atoms with E-state index in [2.05, 4.69) is 4.98 Å². The maximum Gasteiger partial charge on any atom is 0.416 e. The Bertz CT molecular complexity index is 819. The maximum absolute atomic E-state index is 12.5. The largest absolute Gasteiger partial charge is 0.416 e. The van der Waals surface area contributed by atoms with Gasteiger partial charge in [-0.05, 0) is 37.5 Å². The molecule has 0 N–H and O–H groups in total. The van der Waals surface area contributed by atoms with Gasteiger partial charge in [0.15, 0.2) is 14.9 Å². The molecule has 0 unspecified atom stereocenters. The summed E-state index contributed by atoms with van der Waals surface area (Å²) in [5, 5.41) is -0.336. The van der Waals surface area contributed by atoms with Crippen LogP contribution in [-0.2, 0) is 16.0 Å². The van der Waals surface area contributed by atoms with E-state index in [4.69, 9.17) is 0 Å². The molecule has 23 heavy (non-hydrogen) atoms. The number of rotatable bonds is 4. The number of aromatic nitrogens is 2. The van der Waals surface area contributed by atoms with Crippen molar-refractivity contribution in [3.05, 3.63) is 54.0 Å². The lowest BCUT2D eigenvalue weighted by atomic mass is 10.1. The quantitative estimate of drug-likeness (QED) is 0.857. The van der Waals surface area contributed by atoms with E-state index in [1.165, 1.54) is 22.9 Å². The molecule has 0 saturated heterocycles. The summed E-state index contributed by atoms with van der Waals surface area (Å²) in [6, 6.07) is 4.63. The molecule has 3 rings (SSSR count). The summed E-state index contributed by atoms with van der Waals surface area (Å²) in [4.78, 5) is 4.06. The van der Waals surface area contributed by atoms with E-state index >= 15 is 0 Å². The van der Waals surface area contributed by atoms with Gasteiger partial charge in [0.05, 0.1) is 17.4 Å². The van der Waals surface area contributed by atoms with Gasteiger partial charge in [0, 0.05) is 6.20 Å². The summed E-state index contributed by atoms with van der Waals surface area (Å²) in [6.45, 7) is 3.20. The average molecular weight is 343 g/mol. The number of benzene rings is 1. The lowest BCUT2D eigenvalue weighted by Crippen LogP contribution is -2.07. The first-order chi connectivity index (χ1) is 10.7. The molecule has 1 aromatic carbocycles. The van der Waals surface area contributed by atoms with Crippen LogP contribution in [0.25, 0.3) is 0 Å². The summed E-state index contributed by atoms with van der Waals surface area (Å²) in [5.74, 6) is 0.462. The second kappa shape index (κ2) is 5.36. The van der Waals surface area contributed by atoms with Crippen molar-refractivity contribution in [3.63, 3.8) is 0 Å². The highest BCUT2D eigenvalue weighted by atomic mass is 32.2. The molecule has 8 heteroatoms. The van der Waals surface area contributed by atoms with Crippen molar-refractivity contribution >= 4 is 9.84 Å². The minimum absolute atomic E-state index is 0.0145. The van der Waals surface area contributed by atoms with E-state index in [1.807, 2.05) is 0 Å². The first-order valence-corrected chi connectivity index (χ1v) is 8.54. The van der Waals surface area contributed by atoms with Crippen LogP contribution in [0.15, 0.2) is 35.5 Å². The van der Waals surface area contributed by atoms with Gasteiger partial charge >= 0.3 is 6.18 Å². The van der Waals surface area contributed by atoms with E-state index in [0.29, 0.717) is 24.2 Å². The SMILES string of the molecule is Cc1nc(S(=O)(=O)C2CC2)cn1[CH]c1ccc(C(F)(F)F)cc1. The van der Waals surface area contributed by atoms with Crippen molar-refractivity contribution in [2.45, 2.75) is 36.2 Å². The molecule has 1 aliphatic carbocycles. The Morgan fingerprint density at radius 1 is 1.22 bits per heavy atom. The lowest BCUT2D eigenvalue weighted by Gasteiger charge is -2.08. The molecule has 1 aliphatic rings. The van der Waals surface area contributed by atoms with Crippen LogP contribution < -0.4 is 0 Å². The van der Waals surface area contributed by atoms with Crippen LogP contribution in [0.4, 0.5) is 13.2 Å². The van der Waals surface area contributed by atoms with Crippen molar-refractivity contribution in [1.29, 1.82) is 0 Å². The van der Waals surface area contributed by atoms with E-state index in [-0.39, 0.29) is 10.3 Å². The van der Waals surface area contributed by atoms with E-state index in [1.54, 1.807) is 13.5 Å². The number of imidazole rings is 1. The van der Waals surface area contributed by atoms with Crippen LogP contribution in [0.5, 0.6) is 0 Å². The second-order valence-corrected chi connectivity index (χ2v) is 7.70. The monoisotopic (exact) mass is 343 g/mol. The van der Waals surface area contributed by atoms with Crippen molar-refractivity contribution in [1.82, 2.24) is 9.55 Å². The summed E-state index contributed by atoms with van der Waals surface area (Å²) in [7, 11) is -3.39. The Morgan fingerprint density at radius 2 is 1.83 bits per heavy atom. The van der Waals surface area contributed by atoms with Crippen LogP contribution in [0.3, 0.4) is 0 Å². The number of sulfone groups is 1. The van der Waals surface area contributed by atoms with Gasteiger partial charge in [0.1, 0.15) is 5.82 Å². The molecule has 0 aliphatic heterocycles. The predicted octanol–water partition coefficient (Wildman–Crippen LogP) is 3.20. The molecule has 0 atom stereocenters. The van der Waals surface area contributed by atoms with Crippen molar-refractivity contribution in [2.24, 2.45) is 0 Å². The van der Waals surface area contributed by atoms with Crippen molar-refractivity contribution < 1.29 is 21.6 Å². The number of aryl methyl sites for hydroxylation is 1. The smallest absolute Gasteiger partial charge is 0.324 e. The topological polar surface area (TPSA) is 52.0 Å².